The Kier molecular flexibility index (Phi) is 9.96. The molecule has 1 heterocycles. The molecule has 0 radical (unpaired) electrons. The molecule has 0 aromatic carbocycles. The maximum atomic E-state index is 12.0. The third-order valence-electron chi connectivity index (χ3n) is 3.31. The van der Waals surface area contributed by atoms with Crippen molar-refractivity contribution in [2.24, 2.45) is 0 Å². The van der Waals surface area contributed by atoms with Crippen LogP contribution in [0.3, 0.4) is 0 Å². The number of imidazole rings is 1. The van der Waals surface area contributed by atoms with Crippen LogP contribution < -0.4 is 0 Å². The molecule has 0 aliphatic carbocycles. The van der Waals surface area contributed by atoms with E-state index in [4.69, 9.17) is 14.2 Å². The van der Waals surface area contributed by atoms with E-state index in [9.17, 15) is 14.4 Å². The summed E-state index contributed by atoms with van der Waals surface area (Å²) in [5.74, 6) is -0.745. The van der Waals surface area contributed by atoms with Gasteiger partial charge in [0.25, 0.3) is 0 Å². The molecule has 1 rings (SSSR count). The van der Waals surface area contributed by atoms with Gasteiger partial charge in [-0.1, -0.05) is 26.7 Å². The fourth-order valence-electron chi connectivity index (χ4n) is 1.85. The maximum absolute atomic E-state index is 12.0. The van der Waals surface area contributed by atoms with Crippen molar-refractivity contribution < 1.29 is 28.6 Å². The number of ether oxygens (including phenoxy) is 3. The van der Waals surface area contributed by atoms with Gasteiger partial charge in [-0.25, -0.2) is 14.3 Å². The zero-order valence-corrected chi connectivity index (χ0v) is 14.8. The van der Waals surface area contributed by atoms with Gasteiger partial charge in [-0.3, -0.25) is 9.59 Å². The number of unbranched alkanes of at least 4 members (excludes halogenated alkanes) is 2. The van der Waals surface area contributed by atoms with Crippen molar-refractivity contribution in [2.45, 2.75) is 58.5 Å². The molecule has 8 nitrogen and oxygen atoms in total. The largest absolute Gasteiger partial charge is 0.462 e. The Hall–Kier alpha value is -2.38. The molecule has 0 bridgehead atoms. The Balaban J connectivity index is 2.51. The molecule has 0 fully saturated rings. The summed E-state index contributed by atoms with van der Waals surface area (Å²) in [6, 6.07) is 0. The predicted octanol–water partition coefficient (Wildman–Crippen LogP) is 2.70. The zero-order chi connectivity index (χ0) is 18.5. The molecule has 25 heavy (non-hydrogen) atoms. The first-order valence-electron chi connectivity index (χ1n) is 8.57. The van der Waals surface area contributed by atoms with Gasteiger partial charge in [0.15, 0.2) is 6.10 Å². The summed E-state index contributed by atoms with van der Waals surface area (Å²) < 4.78 is 16.6. The third kappa shape index (κ3) is 8.88. The van der Waals surface area contributed by atoms with Gasteiger partial charge in [-0.05, 0) is 12.8 Å². The lowest BCUT2D eigenvalue weighted by Gasteiger charge is -2.18. The molecule has 0 spiro atoms. The molecule has 0 aliphatic rings. The first-order chi connectivity index (χ1) is 12.1. The summed E-state index contributed by atoms with van der Waals surface area (Å²) >= 11 is 0. The van der Waals surface area contributed by atoms with Crippen LogP contribution in [0.25, 0.3) is 0 Å². The highest BCUT2D eigenvalue weighted by molar-refractivity contribution is 5.71. The minimum Gasteiger partial charge on any atom is -0.462 e. The number of rotatable bonds is 11. The highest BCUT2D eigenvalue weighted by Gasteiger charge is 2.20. The van der Waals surface area contributed by atoms with E-state index in [1.165, 1.54) is 18.7 Å². The van der Waals surface area contributed by atoms with Crippen LogP contribution in [0.5, 0.6) is 0 Å². The Morgan fingerprint density at radius 1 is 1.00 bits per heavy atom. The van der Waals surface area contributed by atoms with E-state index in [-0.39, 0.29) is 25.2 Å². The number of carbonyl (C=O) groups is 3. The summed E-state index contributed by atoms with van der Waals surface area (Å²) in [6.07, 6.45) is 6.42. The highest BCUT2D eigenvalue weighted by atomic mass is 16.6. The van der Waals surface area contributed by atoms with Crippen molar-refractivity contribution in [3.05, 3.63) is 18.7 Å². The molecule has 1 aromatic heterocycles. The van der Waals surface area contributed by atoms with E-state index in [1.54, 1.807) is 0 Å². The lowest BCUT2D eigenvalue weighted by atomic mass is 10.2. The summed E-state index contributed by atoms with van der Waals surface area (Å²) in [5, 5.41) is 0. The number of carbonyl (C=O) groups excluding carboxylic acids is 3. The average Bonchev–Trinajstić information content (AvgIpc) is 3.15. The van der Waals surface area contributed by atoms with Crippen molar-refractivity contribution in [3.8, 4) is 0 Å². The van der Waals surface area contributed by atoms with Crippen molar-refractivity contribution in [3.63, 3.8) is 0 Å². The number of hydrogen-bond acceptors (Lipinski definition) is 7. The van der Waals surface area contributed by atoms with E-state index in [0.717, 1.165) is 30.3 Å². The summed E-state index contributed by atoms with van der Waals surface area (Å²) in [6.45, 7) is 3.62. The number of esters is 2. The molecule has 1 aromatic rings. The lowest BCUT2D eigenvalue weighted by molar-refractivity contribution is -0.152. The van der Waals surface area contributed by atoms with Gasteiger partial charge in [0.05, 0.1) is 0 Å². The zero-order valence-electron chi connectivity index (χ0n) is 14.8. The van der Waals surface area contributed by atoms with Crippen LogP contribution in [0.4, 0.5) is 4.79 Å². The first kappa shape index (κ1) is 20.7. The minimum atomic E-state index is -0.869. The fraction of sp³-hybridized carbons (Fsp3) is 0.647. The molecule has 0 saturated carbocycles. The quantitative estimate of drug-likeness (QED) is 0.445. The van der Waals surface area contributed by atoms with Crippen LogP contribution >= 0.6 is 0 Å². The maximum Gasteiger partial charge on any atom is 0.419 e. The van der Waals surface area contributed by atoms with E-state index in [1.807, 2.05) is 13.8 Å². The summed E-state index contributed by atoms with van der Waals surface area (Å²) in [4.78, 5) is 39.0. The van der Waals surface area contributed by atoms with Crippen LogP contribution in [0.15, 0.2) is 18.7 Å². The Morgan fingerprint density at radius 2 is 1.56 bits per heavy atom. The molecule has 0 aliphatic heterocycles. The van der Waals surface area contributed by atoms with Crippen LogP contribution in [-0.4, -0.2) is 46.9 Å². The summed E-state index contributed by atoms with van der Waals surface area (Å²) in [5.41, 5.74) is 0. The molecule has 0 amide bonds. The smallest absolute Gasteiger partial charge is 0.419 e. The van der Waals surface area contributed by atoms with E-state index < -0.39 is 12.2 Å². The predicted molar refractivity (Wildman–Crippen MR) is 88.9 cm³/mol. The summed E-state index contributed by atoms with van der Waals surface area (Å²) in [7, 11) is 0. The van der Waals surface area contributed by atoms with Crippen molar-refractivity contribution in [1.82, 2.24) is 9.55 Å². The third-order valence-corrected chi connectivity index (χ3v) is 3.31. The van der Waals surface area contributed by atoms with Crippen LogP contribution in [0.2, 0.25) is 0 Å². The second-order valence-electron chi connectivity index (χ2n) is 5.55. The van der Waals surface area contributed by atoms with Gasteiger partial charge in [0.1, 0.15) is 19.5 Å². The van der Waals surface area contributed by atoms with Crippen molar-refractivity contribution >= 4 is 18.0 Å². The standard InChI is InChI=1S/C17H26N2O6/c1-3-5-7-15(20)23-11-14(12-24-16(21)8-6-4-2)25-17(22)19-10-9-18-13-19/h9-10,13-14H,3-8,11-12H2,1-2H3. The topological polar surface area (TPSA) is 96.7 Å². The highest BCUT2D eigenvalue weighted by Crippen LogP contribution is 2.04. The van der Waals surface area contributed by atoms with Crippen LogP contribution in [-0.2, 0) is 23.8 Å². The van der Waals surface area contributed by atoms with E-state index in [2.05, 4.69) is 4.98 Å². The van der Waals surface area contributed by atoms with Gasteiger partial charge in [-0.15, -0.1) is 0 Å². The Morgan fingerprint density at radius 3 is 2.00 bits per heavy atom. The van der Waals surface area contributed by atoms with Gasteiger partial charge < -0.3 is 14.2 Å². The van der Waals surface area contributed by atoms with Crippen molar-refractivity contribution in [1.29, 1.82) is 0 Å². The first-order valence-corrected chi connectivity index (χ1v) is 8.57. The van der Waals surface area contributed by atoms with Crippen molar-refractivity contribution in [2.75, 3.05) is 13.2 Å². The molecule has 8 heteroatoms. The monoisotopic (exact) mass is 354 g/mol. The van der Waals surface area contributed by atoms with E-state index in [0.29, 0.717) is 12.8 Å². The van der Waals surface area contributed by atoms with Gasteiger partial charge in [-0.2, -0.15) is 0 Å². The van der Waals surface area contributed by atoms with Crippen LogP contribution in [0, 0.1) is 0 Å². The van der Waals surface area contributed by atoms with Gasteiger partial charge in [0.2, 0.25) is 0 Å². The second kappa shape index (κ2) is 12.0. The van der Waals surface area contributed by atoms with Gasteiger partial charge >= 0.3 is 18.0 Å². The molecule has 0 N–H and O–H groups in total. The number of hydrogen-bond donors (Lipinski definition) is 0. The number of nitrogens with zero attached hydrogens (tertiary/aromatic N) is 2. The molecule has 0 unspecified atom stereocenters. The fourth-order valence-corrected chi connectivity index (χ4v) is 1.85. The normalized spacial score (nSPS) is 10.5. The molecular weight excluding hydrogens is 328 g/mol. The van der Waals surface area contributed by atoms with Gasteiger partial charge in [0, 0.05) is 25.2 Å². The number of aromatic nitrogens is 2. The minimum absolute atomic E-state index is 0.163. The second-order valence-corrected chi connectivity index (χ2v) is 5.55. The Bertz CT molecular complexity index is 505. The average molecular weight is 354 g/mol. The lowest BCUT2D eigenvalue weighted by Crippen LogP contribution is -2.32. The molecule has 0 saturated heterocycles. The molecule has 0 atom stereocenters. The van der Waals surface area contributed by atoms with Crippen LogP contribution in [0.1, 0.15) is 52.4 Å². The van der Waals surface area contributed by atoms with E-state index >= 15 is 0 Å². The SMILES string of the molecule is CCCCC(=O)OCC(COC(=O)CCCC)OC(=O)n1ccnc1. The Labute approximate surface area is 147 Å². The molecule has 140 valence electrons. The molecular formula is C17H26N2O6.